The number of ether oxygens (including phenoxy) is 1. The number of benzene rings is 2. The third-order valence-corrected chi connectivity index (χ3v) is 3.14. The minimum atomic E-state index is -1.13. The van der Waals surface area contributed by atoms with Crippen LogP contribution in [0.1, 0.15) is 28.9 Å². The summed E-state index contributed by atoms with van der Waals surface area (Å²) in [5.41, 5.74) is 6.77. The van der Waals surface area contributed by atoms with Gasteiger partial charge in [0.05, 0.1) is 5.02 Å². The van der Waals surface area contributed by atoms with Crippen LogP contribution in [-0.4, -0.2) is 11.1 Å². The van der Waals surface area contributed by atoms with Gasteiger partial charge in [-0.3, -0.25) is 0 Å². The second-order valence-electron chi connectivity index (χ2n) is 4.36. The Morgan fingerprint density at radius 2 is 1.95 bits per heavy atom. The quantitative estimate of drug-likeness (QED) is 0.841. The van der Waals surface area contributed by atoms with Gasteiger partial charge < -0.3 is 15.6 Å². The van der Waals surface area contributed by atoms with Crippen LogP contribution in [0.15, 0.2) is 42.5 Å². The van der Waals surface area contributed by atoms with Crippen LogP contribution in [0.3, 0.4) is 0 Å². The van der Waals surface area contributed by atoms with E-state index in [1.165, 1.54) is 12.1 Å². The van der Waals surface area contributed by atoms with Crippen LogP contribution in [-0.2, 0) is 0 Å². The summed E-state index contributed by atoms with van der Waals surface area (Å²) in [6.07, 6.45) is -0.324. The predicted molar refractivity (Wildman–Crippen MR) is 78.3 cm³/mol. The molecule has 0 aliphatic rings. The molecular weight excluding hydrogens is 278 g/mol. The molecule has 0 heterocycles. The van der Waals surface area contributed by atoms with Gasteiger partial charge in [-0.1, -0.05) is 41.9 Å². The summed E-state index contributed by atoms with van der Waals surface area (Å²) in [4.78, 5) is 11.3. The number of hydrogen-bond acceptors (Lipinski definition) is 3. The van der Waals surface area contributed by atoms with Gasteiger partial charge in [0.25, 0.3) is 0 Å². The molecule has 2 aromatic rings. The number of aromatic carboxylic acids is 1. The van der Waals surface area contributed by atoms with Crippen LogP contribution in [0.2, 0.25) is 5.02 Å². The van der Waals surface area contributed by atoms with E-state index in [1.54, 1.807) is 0 Å². The summed E-state index contributed by atoms with van der Waals surface area (Å²) in [6.45, 7) is 1.83. The first kappa shape index (κ1) is 14.2. The largest absolute Gasteiger partial charge is 0.484 e. The fraction of sp³-hybridized carbons (Fsp3) is 0.133. The Kier molecular flexibility index (Phi) is 4.15. The van der Waals surface area contributed by atoms with E-state index in [0.29, 0.717) is 0 Å². The fourth-order valence-electron chi connectivity index (χ4n) is 1.86. The zero-order chi connectivity index (χ0) is 14.7. The molecule has 0 bridgehead atoms. The van der Waals surface area contributed by atoms with Crippen molar-refractivity contribution >= 4 is 23.3 Å². The van der Waals surface area contributed by atoms with Crippen LogP contribution >= 0.6 is 11.6 Å². The van der Waals surface area contributed by atoms with Gasteiger partial charge in [-0.15, -0.1) is 0 Å². The molecule has 104 valence electrons. The Balaban J connectivity index is 2.36. The number of carboxylic acid groups (broad SMARTS) is 1. The summed E-state index contributed by atoms with van der Waals surface area (Å²) < 4.78 is 5.71. The van der Waals surface area contributed by atoms with Gasteiger partial charge in [-0.25, -0.2) is 4.79 Å². The molecule has 0 fully saturated rings. The normalized spacial score (nSPS) is 11.9. The number of halogens is 1. The minimum absolute atomic E-state index is 0.0437. The lowest BCUT2D eigenvalue weighted by molar-refractivity contribution is 0.0690. The second kappa shape index (κ2) is 5.84. The lowest BCUT2D eigenvalue weighted by atomic mass is 10.1. The average Bonchev–Trinajstić information content (AvgIpc) is 2.42. The van der Waals surface area contributed by atoms with Crippen molar-refractivity contribution < 1.29 is 14.6 Å². The molecule has 4 nitrogen and oxygen atoms in total. The molecular formula is C15H14ClNO3. The first-order valence-corrected chi connectivity index (χ1v) is 6.40. The molecule has 0 amide bonds. The zero-order valence-corrected chi connectivity index (χ0v) is 11.6. The zero-order valence-electron chi connectivity index (χ0n) is 10.8. The van der Waals surface area contributed by atoms with Crippen molar-refractivity contribution in [2.45, 2.75) is 13.0 Å². The first-order chi connectivity index (χ1) is 9.49. The maximum absolute atomic E-state index is 11.3. The van der Waals surface area contributed by atoms with Gasteiger partial charge in [-0.05, 0) is 24.6 Å². The van der Waals surface area contributed by atoms with Crippen molar-refractivity contribution in [1.29, 1.82) is 0 Å². The van der Waals surface area contributed by atoms with Crippen LogP contribution in [0.4, 0.5) is 5.69 Å². The van der Waals surface area contributed by atoms with Crippen molar-refractivity contribution in [3.63, 3.8) is 0 Å². The van der Waals surface area contributed by atoms with Gasteiger partial charge in [-0.2, -0.15) is 0 Å². The molecule has 1 atom stereocenters. The third-order valence-electron chi connectivity index (χ3n) is 2.86. The maximum Gasteiger partial charge on any atom is 0.339 e. The van der Waals surface area contributed by atoms with Gasteiger partial charge in [0.2, 0.25) is 0 Å². The summed E-state index contributed by atoms with van der Waals surface area (Å²) >= 11 is 6.04. The van der Waals surface area contributed by atoms with Crippen molar-refractivity contribution in [3.05, 3.63) is 58.6 Å². The topological polar surface area (TPSA) is 72.5 Å². The van der Waals surface area contributed by atoms with Crippen molar-refractivity contribution in [2.75, 3.05) is 5.73 Å². The molecule has 0 aliphatic carbocycles. The molecule has 3 N–H and O–H groups in total. The third kappa shape index (κ3) is 3.03. The van der Waals surface area contributed by atoms with E-state index in [0.717, 1.165) is 5.56 Å². The second-order valence-corrected chi connectivity index (χ2v) is 4.76. The molecule has 0 radical (unpaired) electrons. The monoisotopic (exact) mass is 291 g/mol. The fourth-order valence-corrected chi connectivity index (χ4v) is 2.13. The Hall–Kier alpha value is -2.20. The van der Waals surface area contributed by atoms with Crippen LogP contribution in [0, 0.1) is 0 Å². The smallest absolute Gasteiger partial charge is 0.339 e. The Labute approximate surface area is 121 Å². The number of hydrogen-bond donors (Lipinski definition) is 2. The van der Waals surface area contributed by atoms with E-state index in [-0.39, 0.29) is 28.1 Å². The molecule has 0 spiro atoms. The number of anilines is 1. The molecule has 2 aromatic carbocycles. The molecule has 0 aromatic heterocycles. The predicted octanol–water partition coefficient (Wildman–Crippen LogP) is 3.76. The number of carbonyl (C=O) groups is 1. The maximum atomic E-state index is 11.3. The van der Waals surface area contributed by atoms with Gasteiger partial charge in [0, 0.05) is 5.69 Å². The van der Waals surface area contributed by atoms with E-state index < -0.39 is 5.97 Å². The van der Waals surface area contributed by atoms with Gasteiger partial charge in [0.1, 0.15) is 11.7 Å². The molecule has 1 unspecified atom stereocenters. The van der Waals surface area contributed by atoms with Crippen molar-refractivity contribution in [1.82, 2.24) is 0 Å². The van der Waals surface area contributed by atoms with Crippen LogP contribution < -0.4 is 10.5 Å². The highest BCUT2D eigenvalue weighted by atomic mass is 35.5. The lowest BCUT2D eigenvalue weighted by Gasteiger charge is -2.18. The van der Waals surface area contributed by atoms with Gasteiger partial charge in [0.15, 0.2) is 5.75 Å². The van der Waals surface area contributed by atoms with Crippen molar-refractivity contribution in [2.24, 2.45) is 0 Å². The Morgan fingerprint density at radius 1 is 1.30 bits per heavy atom. The summed E-state index contributed by atoms with van der Waals surface area (Å²) in [5.74, 6) is -1.00. The van der Waals surface area contributed by atoms with E-state index in [4.69, 9.17) is 22.1 Å². The number of rotatable bonds is 4. The summed E-state index contributed by atoms with van der Waals surface area (Å²) in [5, 5.41) is 9.39. The minimum Gasteiger partial charge on any atom is -0.484 e. The number of carboxylic acids is 1. The standard InChI is InChI=1S/C15H14ClNO3/c1-9(10-5-3-2-4-6-10)20-14-12(15(18)19)7-11(17)8-13(14)16/h2-9H,17H2,1H3,(H,18,19). The van der Waals surface area contributed by atoms with Crippen molar-refractivity contribution in [3.8, 4) is 5.75 Å². The average molecular weight is 292 g/mol. The number of nitrogens with two attached hydrogens (primary N) is 1. The highest BCUT2D eigenvalue weighted by Gasteiger charge is 2.19. The molecule has 0 aliphatic heterocycles. The van der Waals surface area contributed by atoms with Crippen LogP contribution in [0.25, 0.3) is 0 Å². The van der Waals surface area contributed by atoms with E-state index >= 15 is 0 Å². The first-order valence-electron chi connectivity index (χ1n) is 6.03. The molecule has 0 saturated heterocycles. The SMILES string of the molecule is CC(Oc1c(Cl)cc(N)cc1C(=O)O)c1ccccc1. The Bertz CT molecular complexity index is 629. The lowest BCUT2D eigenvalue weighted by Crippen LogP contribution is -2.08. The number of nitrogen functional groups attached to an aromatic ring is 1. The highest BCUT2D eigenvalue weighted by Crippen LogP contribution is 2.34. The molecule has 2 rings (SSSR count). The summed E-state index contributed by atoms with van der Waals surface area (Å²) in [7, 11) is 0. The van der Waals surface area contributed by atoms with E-state index in [9.17, 15) is 9.90 Å². The Morgan fingerprint density at radius 3 is 2.55 bits per heavy atom. The van der Waals surface area contributed by atoms with E-state index in [2.05, 4.69) is 0 Å². The van der Waals surface area contributed by atoms with E-state index in [1.807, 2.05) is 37.3 Å². The van der Waals surface area contributed by atoms with Crippen LogP contribution in [0.5, 0.6) is 5.75 Å². The summed E-state index contributed by atoms with van der Waals surface area (Å²) in [6, 6.07) is 12.3. The molecule has 20 heavy (non-hydrogen) atoms. The van der Waals surface area contributed by atoms with Gasteiger partial charge >= 0.3 is 5.97 Å². The molecule has 0 saturated carbocycles. The molecule has 5 heteroatoms. The highest BCUT2D eigenvalue weighted by molar-refractivity contribution is 6.33.